The second-order valence-electron chi connectivity index (χ2n) is 3.67. The Morgan fingerprint density at radius 3 is 2.26 bits per heavy atom. The van der Waals surface area contributed by atoms with E-state index in [0.717, 1.165) is 5.56 Å². The van der Waals surface area contributed by atoms with E-state index in [0.29, 0.717) is 6.54 Å². The van der Waals surface area contributed by atoms with Crippen molar-refractivity contribution in [1.82, 2.24) is 5.32 Å². The number of amides is 1. The summed E-state index contributed by atoms with van der Waals surface area (Å²) in [5, 5.41) is 10.7. The highest BCUT2D eigenvalue weighted by Gasteiger charge is 2.38. The number of nitrogens with two attached hydrogens (primary N) is 1. The number of hydrogen-bond donors (Lipinski definition) is 3. The van der Waals surface area contributed by atoms with Gasteiger partial charge in [-0.3, -0.25) is 4.79 Å². The van der Waals surface area contributed by atoms with Gasteiger partial charge in [-0.05, 0) is 17.7 Å². The standard InChI is InChI=1S/C11H13F3N2O2.ClH/c12-11(13,14)9(17)6-16-10(18)8-3-1-7(5-15)2-4-8;/h1-4,9,17H,5-6,15H2,(H,16,18);1H. The van der Waals surface area contributed by atoms with Gasteiger partial charge in [0, 0.05) is 12.1 Å². The molecule has 0 bridgehead atoms. The van der Waals surface area contributed by atoms with E-state index in [1.807, 2.05) is 5.32 Å². The molecule has 19 heavy (non-hydrogen) atoms. The lowest BCUT2D eigenvalue weighted by Gasteiger charge is -2.15. The van der Waals surface area contributed by atoms with Gasteiger partial charge < -0.3 is 16.2 Å². The Morgan fingerprint density at radius 1 is 1.32 bits per heavy atom. The Bertz CT molecular complexity index is 409. The third kappa shape index (κ3) is 5.46. The van der Waals surface area contributed by atoms with Gasteiger partial charge in [0.15, 0.2) is 6.10 Å². The van der Waals surface area contributed by atoms with Crippen LogP contribution in [0.5, 0.6) is 0 Å². The van der Waals surface area contributed by atoms with E-state index in [1.165, 1.54) is 12.1 Å². The Balaban J connectivity index is 0.00000324. The number of nitrogens with one attached hydrogen (secondary N) is 1. The molecule has 0 fully saturated rings. The molecule has 4 N–H and O–H groups in total. The third-order valence-corrected chi connectivity index (χ3v) is 2.29. The molecule has 1 atom stereocenters. The number of alkyl halides is 3. The van der Waals surface area contributed by atoms with E-state index in [2.05, 4.69) is 0 Å². The first kappa shape index (κ1) is 17.7. The van der Waals surface area contributed by atoms with Crippen molar-refractivity contribution >= 4 is 18.3 Å². The maximum absolute atomic E-state index is 12.0. The Morgan fingerprint density at radius 2 is 1.84 bits per heavy atom. The van der Waals surface area contributed by atoms with Crippen molar-refractivity contribution < 1.29 is 23.1 Å². The Kier molecular flexibility index (Phi) is 6.82. The Labute approximate surface area is 114 Å². The van der Waals surface area contributed by atoms with Crippen LogP contribution in [0.4, 0.5) is 13.2 Å². The van der Waals surface area contributed by atoms with E-state index in [9.17, 15) is 18.0 Å². The van der Waals surface area contributed by atoms with Gasteiger partial charge in [0.25, 0.3) is 5.91 Å². The highest BCUT2D eigenvalue weighted by atomic mass is 35.5. The lowest BCUT2D eigenvalue weighted by molar-refractivity contribution is -0.201. The molecule has 1 aromatic rings. The van der Waals surface area contributed by atoms with Gasteiger partial charge in [-0.1, -0.05) is 12.1 Å². The molecule has 0 saturated heterocycles. The maximum Gasteiger partial charge on any atom is 0.416 e. The number of benzene rings is 1. The van der Waals surface area contributed by atoms with Crippen molar-refractivity contribution in [2.45, 2.75) is 18.8 Å². The minimum Gasteiger partial charge on any atom is -0.382 e. The predicted octanol–water partition coefficient (Wildman–Crippen LogP) is 1.22. The zero-order chi connectivity index (χ0) is 13.8. The summed E-state index contributed by atoms with van der Waals surface area (Å²) in [4.78, 5) is 11.5. The molecule has 8 heteroatoms. The van der Waals surface area contributed by atoms with Crippen molar-refractivity contribution in [3.63, 3.8) is 0 Å². The zero-order valence-corrected chi connectivity index (χ0v) is 10.6. The second kappa shape index (κ2) is 7.32. The highest BCUT2D eigenvalue weighted by Crippen LogP contribution is 2.19. The summed E-state index contributed by atoms with van der Waals surface area (Å²) in [7, 11) is 0. The first-order valence-corrected chi connectivity index (χ1v) is 5.16. The average molecular weight is 299 g/mol. The van der Waals surface area contributed by atoms with E-state index in [-0.39, 0.29) is 18.0 Å². The van der Waals surface area contributed by atoms with Crippen LogP contribution in [-0.4, -0.2) is 29.8 Å². The first-order valence-electron chi connectivity index (χ1n) is 5.16. The van der Waals surface area contributed by atoms with E-state index in [1.54, 1.807) is 12.1 Å². The molecule has 108 valence electrons. The number of rotatable bonds is 4. The van der Waals surface area contributed by atoms with Crippen molar-refractivity contribution in [2.24, 2.45) is 5.73 Å². The van der Waals surface area contributed by atoms with Crippen LogP contribution in [0.15, 0.2) is 24.3 Å². The summed E-state index contributed by atoms with van der Waals surface area (Å²) in [5.74, 6) is -0.679. The summed E-state index contributed by atoms with van der Waals surface area (Å²) < 4.78 is 36.0. The van der Waals surface area contributed by atoms with Crippen LogP contribution in [0, 0.1) is 0 Å². The average Bonchev–Trinajstić information content (AvgIpc) is 2.34. The van der Waals surface area contributed by atoms with Crippen LogP contribution >= 0.6 is 12.4 Å². The van der Waals surface area contributed by atoms with Gasteiger partial charge in [-0.25, -0.2) is 0 Å². The van der Waals surface area contributed by atoms with Crippen LogP contribution in [-0.2, 0) is 6.54 Å². The molecule has 0 aromatic heterocycles. The van der Waals surface area contributed by atoms with Crippen LogP contribution in [0.25, 0.3) is 0 Å². The smallest absolute Gasteiger partial charge is 0.382 e. The number of carbonyl (C=O) groups is 1. The number of carbonyl (C=O) groups excluding carboxylic acids is 1. The van der Waals surface area contributed by atoms with E-state index >= 15 is 0 Å². The SMILES string of the molecule is Cl.NCc1ccc(C(=O)NCC(O)C(F)(F)F)cc1. The number of aliphatic hydroxyl groups excluding tert-OH is 1. The minimum absolute atomic E-state index is 0. The van der Waals surface area contributed by atoms with Gasteiger partial charge in [0.2, 0.25) is 0 Å². The lowest BCUT2D eigenvalue weighted by atomic mass is 10.1. The van der Waals surface area contributed by atoms with Crippen LogP contribution in [0.3, 0.4) is 0 Å². The fourth-order valence-corrected chi connectivity index (χ4v) is 1.20. The van der Waals surface area contributed by atoms with Gasteiger partial charge >= 0.3 is 6.18 Å². The quantitative estimate of drug-likeness (QED) is 0.782. The molecule has 0 saturated carbocycles. The number of hydrogen-bond acceptors (Lipinski definition) is 3. The van der Waals surface area contributed by atoms with Crippen molar-refractivity contribution in [3.8, 4) is 0 Å². The van der Waals surface area contributed by atoms with E-state index in [4.69, 9.17) is 10.8 Å². The molecule has 0 aliphatic heterocycles. The van der Waals surface area contributed by atoms with Gasteiger partial charge in [-0.15, -0.1) is 12.4 Å². The number of aliphatic hydroxyl groups is 1. The molecule has 0 spiro atoms. The summed E-state index contributed by atoms with van der Waals surface area (Å²) in [5.41, 5.74) is 6.38. The molecule has 1 amide bonds. The van der Waals surface area contributed by atoms with Crippen LogP contribution in [0.2, 0.25) is 0 Å². The van der Waals surface area contributed by atoms with Crippen molar-refractivity contribution in [3.05, 3.63) is 35.4 Å². The fourth-order valence-electron chi connectivity index (χ4n) is 1.20. The van der Waals surface area contributed by atoms with Gasteiger partial charge in [-0.2, -0.15) is 13.2 Å². The fraction of sp³-hybridized carbons (Fsp3) is 0.364. The van der Waals surface area contributed by atoms with E-state index < -0.39 is 24.7 Å². The minimum atomic E-state index is -4.74. The second-order valence-corrected chi connectivity index (χ2v) is 3.67. The number of halogens is 4. The summed E-state index contributed by atoms with van der Waals surface area (Å²) in [6.45, 7) is -0.560. The van der Waals surface area contributed by atoms with Crippen LogP contribution in [0.1, 0.15) is 15.9 Å². The molecule has 1 unspecified atom stereocenters. The highest BCUT2D eigenvalue weighted by molar-refractivity contribution is 5.94. The summed E-state index contributed by atoms with van der Waals surface area (Å²) in [6, 6.07) is 6.12. The van der Waals surface area contributed by atoms with Crippen LogP contribution < -0.4 is 11.1 Å². The lowest BCUT2D eigenvalue weighted by Crippen LogP contribution is -2.40. The first-order chi connectivity index (χ1) is 8.34. The molecular formula is C11H14ClF3N2O2. The predicted molar refractivity (Wildman–Crippen MR) is 66.0 cm³/mol. The maximum atomic E-state index is 12.0. The summed E-state index contributed by atoms with van der Waals surface area (Å²) >= 11 is 0. The largest absolute Gasteiger partial charge is 0.416 e. The topological polar surface area (TPSA) is 75.4 Å². The molecule has 0 aliphatic carbocycles. The van der Waals surface area contributed by atoms with Crippen molar-refractivity contribution in [2.75, 3.05) is 6.54 Å². The zero-order valence-electron chi connectivity index (χ0n) is 9.78. The Hall–Kier alpha value is -1.31. The van der Waals surface area contributed by atoms with Gasteiger partial charge in [0.1, 0.15) is 0 Å². The molecule has 1 aromatic carbocycles. The molecule has 4 nitrogen and oxygen atoms in total. The molecule has 0 radical (unpaired) electrons. The monoisotopic (exact) mass is 298 g/mol. The normalized spacial score (nSPS) is 12.5. The molecule has 0 heterocycles. The van der Waals surface area contributed by atoms with Gasteiger partial charge in [0.05, 0.1) is 6.54 Å². The molecular weight excluding hydrogens is 285 g/mol. The molecule has 0 aliphatic rings. The third-order valence-electron chi connectivity index (χ3n) is 2.29. The molecule has 1 rings (SSSR count). The summed E-state index contributed by atoms with van der Waals surface area (Å²) in [6.07, 6.45) is -7.30. The van der Waals surface area contributed by atoms with Crippen molar-refractivity contribution in [1.29, 1.82) is 0 Å².